The van der Waals surface area contributed by atoms with Gasteiger partial charge in [0.25, 0.3) is 5.91 Å². The second-order valence-corrected chi connectivity index (χ2v) is 7.33. The van der Waals surface area contributed by atoms with E-state index in [1.807, 2.05) is 29.7 Å². The molecule has 0 radical (unpaired) electrons. The number of benzene rings is 2. The molecule has 2 N–H and O–H groups in total. The highest BCUT2D eigenvalue weighted by Crippen LogP contribution is 2.49. The number of amides is 1. The number of rotatable bonds is 3. The molecule has 1 unspecified atom stereocenters. The predicted molar refractivity (Wildman–Crippen MR) is 101 cm³/mol. The first-order valence-electron chi connectivity index (χ1n) is 9.10. The Balaban J connectivity index is 1.75. The number of carbonyl (C=O) groups is 1. The molecule has 1 heterocycles. The van der Waals surface area contributed by atoms with Crippen LogP contribution in [0, 0.1) is 12.7 Å². The van der Waals surface area contributed by atoms with Crippen molar-refractivity contribution in [3.63, 3.8) is 0 Å². The summed E-state index contributed by atoms with van der Waals surface area (Å²) in [5.74, 6) is -0.659. The Bertz CT molecular complexity index is 1020. The number of nitrogens with zero attached hydrogens (tertiary/aromatic N) is 1. The number of fused-ring (bicyclic) bond motifs is 1. The SMILES string of the molecule is Cc1c(F)cccc1[C@]1(C(=O)NO)CCC(c2ccc3ncccc3c2)C1. The standard InChI is InChI=1S/C22H21FN2O2/c1-14-18(5-2-6-19(14)23)22(21(26)25-27)10-9-17(13-22)15-7-8-20-16(12-15)4-3-11-24-20/h2-8,11-12,17,27H,9-10,13H2,1H3,(H,25,26)/t17?,22-/m0/s1. The van der Waals surface area contributed by atoms with E-state index in [2.05, 4.69) is 11.1 Å². The largest absolute Gasteiger partial charge is 0.289 e. The predicted octanol–water partition coefficient (Wildman–Crippen LogP) is 4.39. The highest BCUT2D eigenvalue weighted by Gasteiger charge is 2.48. The third kappa shape index (κ3) is 2.88. The number of hydrogen-bond acceptors (Lipinski definition) is 3. The van der Waals surface area contributed by atoms with Gasteiger partial charge in [-0.2, -0.15) is 0 Å². The highest BCUT2D eigenvalue weighted by atomic mass is 19.1. The van der Waals surface area contributed by atoms with E-state index in [-0.39, 0.29) is 11.7 Å². The molecule has 2 atom stereocenters. The molecule has 0 spiro atoms. The van der Waals surface area contributed by atoms with Gasteiger partial charge in [0.1, 0.15) is 5.82 Å². The average molecular weight is 364 g/mol. The van der Waals surface area contributed by atoms with Gasteiger partial charge in [-0.05, 0) is 73.1 Å². The molecule has 1 saturated carbocycles. The average Bonchev–Trinajstić information content (AvgIpc) is 3.15. The number of pyridine rings is 1. The van der Waals surface area contributed by atoms with Crippen LogP contribution in [0.25, 0.3) is 10.9 Å². The van der Waals surface area contributed by atoms with Gasteiger partial charge in [0.05, 0.1) is 10.9 Å². The summed E-state index contributed by atoms with van der Waals surface area (Å²) >= 11 is 0. The number of hydroxylamine groups is 1. The quantitative estimate of drug-likeness (QED) is 0.535. The van der Waals surface area contributed by atoms with Crippen LogP contribution in [0.2, 0.25) is 0 Å². The van der Waals surface area contributed by atoms with Crippen molar-refractivity contribution in [3.8, 4) is 0 Å². The zero-order valence-corrected chi connectivity index (χ0v) is 15.1. The maximum atomic E-state index is 14.2. The maximum Gasteiger partial charge on any atom is 0.254 e. The Morgan fingerprint density at radius 1 is 1.26 bits per heavy atom. The van der Waals surface area contributed by atoms with Gasteiger partial charge in [-0.1, -0.05) is 24.3 Å². The van der Waals surface area contributed by atoms with Crippen LogP contribution in [0.15, 0.2) is 54.7 Å². The fraction of sp³-hybridized carbons (Fsp3) is 0.273. The van der Waals surface area contributed by atoms with Gasteiger partial charge in [0, 0.05) is 11.6 Å². The summed E-state index contributed by atoms with van der Waals surface area (Å²) in [4.78, 5) is 17.0. The highest BCUT2D eigenvalue weighted by molar-refractivity contribution is 5.88. The summed E-state index contributed by atoms with van der Waals surface area (Å²) < 4.78 is 14.2. The summed E-state index contributed by atoms with van der Waals surface area (Å²) in [5.41, 5.74) is 4.07. The van der Waals surface area contributed by atoms with Crippen LogP contribution < -0.4 is 5.48 Å². The summed E-state index contributed by atoms with van der Waals surface area (Å²) in [6, 6.07) is 14.9. The molecule has 2 aromatic carbocycles. The van der Waals surface area contributed by atoms with Crippen LogP contribution in [0.3, 0.4) is 0 Å². The summed E-state index contributed by atoms with van der Waals surface area (Å²) in [7, 11) is 0. The van der Waals surface area contributed by atoms with Gasteiger partial charge in [0.15, 0.2) is 0 Å². The molecule has 4 nitrogen and oxygen atoms in total. The normalized spacial score (nSPS) is 22.1. The second-order valence-electron chi connectivity index (χ2n) is 7.33. The van der Waals surface area contributed by atoms with Gasteiger partial charge in [-0.15, -0.1) is 0 Å². The third-order valence-electron chi connectivity index (χ3n) is 5.93. The zero-order valence-electron chi connectivity index (χ0n) is 15.1. The number of aromatic nitrogens is 1. The van der Waals surface area contributed by atoms with Gasteiger partial charge >= 0.3 is 0 Å². The number of carbonyl (C=O) groups excluding carboxylic acids is 1. The summed E-state index contributed by atoms with van der Waals surface area (Å²) in [6.45, 7) is 1.69. The van der Waals surface area contributed by atoms with Crippen molar-refractivity contribution in [2.45, 2.75) is 37.5 Å². The van der Waals surface area contributed by atoms with E-state index in [0.717, 1.165) is 22.9 Å². The second kappa shape index (κ2) is 6.74. The lowest BCUT2D eigenvalue weighted by molar-refractivity contribution is -0.135. The first-order valence-corrected chi connectivity index (χ1v) is 9.10. The van der Waals surface area contributed by atoms with Gasteiger partial charge in [-0.25, -0.2) is 9.87 Å². The molecule has 1 aliphatic rings. The zero-order chi connectivity index (χ0) is 19.0. The van der Waals surface area contributed by atoms with Crippen LogP contribution in [-0.4, -0.2) is 16.1 Å². The minimum atomic E-state index is -0.935. The molecule has 0 bridgehead atoms. The van der Waals surface area contributed by atoms with Crippen LogP contribution in [-0.2, 0) is 10.2 Å². The van der Waals surface area contributed by atoms with Crippen molar-refractivity contribution < 1.29 is 14.4 Å². The Morgan fingerprint density at radius 3 is 2.93 bits per heavy atom. The molecule has 5 heteroatoms. The molecule has 1 amide bonds. The Hall–Kier alpha value is -2.79. The van der Waals surface area contributed by atoms with Crippen molar-refractivity contribution in [1.29, 1.82) is 0 Å². The molecule has 0 aliphatic heterocycles. The van der Waals surface area contributed by atoms with E-state index >= 15 is 0 Å². The monoisotopic (exact) mass is 364 g/mol. The fourth-order valence-electron chi connectivity index (χ4n) is 4.48. The van der Waals surface area contributed by atoms with Crippen molar-refractivity contribution in [1.82, 2.24) is 10.5 Å². The number of hydrogen-bond donors (Lipinski definition) is 2. The molecular formula is C22H21FN2O2. The van der Waals surface area contributed by atoms with E-state index in [0.29, 0.717) is 24.0 Å². The van der Waals surface area contributed by atoms with Gasteiger partial charge in [-0.3, -0.25) is 15.0 Å². The molecule has 4 rings (SSSR count). The lowest BCUT2D eigenvalue weighted by atomic mass is 9.75. The van der Waals surface area contributed by atoms with Crippen LogP contribution in [0.4, 0.5) is 4.39 Å². The van der Waals surface area contributed by atoms with Crippen molar-refractivity contribution >= 4 is 16.8 Å². The topological polar surface area (TPSA) is 62.2 Å². The van der Waals surface area contributed by atoms with E-state index < -0.39 is 11.3 Å². The maximum absolute atomic E-state index is 14.2. The third-order valence-corrected chi connectivity index (χ3v) is 5.93. The van der Waals surface area contributed by atoms with E-state index in [1.165, 1.54) is 6.07 Å². The molecule has 138 valence electrons. The molecule has 0 saturated heterocycles. The Kier molecular flexibility index (Phi) is 4.40. The minimum absolute atomic E-state index is 0.148. The molecular weight excluding hydrogens is 343 g/mol. The molecule has 27 heavy (non-hydrogen) atoms. The molecule has 3 aromatic rings. The van der Waals surface area contributed by atoms with Crippen LogP contribution >= 0.6 is 0 Å². The van der Waals surface area contributed by atoms with Gasteiger partial charge < -0.3 is 0 Å². The van der Waals surface area contributed by atoms with E-state index in [9.17, 15) is 14.4 Å². The number of halogens is 1. The number of nitrogens with one attached hydrogen (secondary N) is 1. The molecule has 1 aliphatic carbocycles. The first kappa shape index (κ1) is 17.6. The van der Waals surface area contributed by atoms with Crippen molar-refractivity contribution in [2.24, 2.45) is 0 Å². The smallest absolute Gasteiger partial charge is 0.254 e. The first-order chi connectivity index (χ1) is 13.0. The van der Waals surface area contributed by atoms with Gasteiger partial charge in [0.2, 0.25) is 0 Å². The van der Waals surface area contributed by atoms with Crippen molar-refractivity contribution in [2.75, 3.05) is 0 Å². The Morgan fingerprint density at radius 2 is 2.11 bits per heavy atom. The Labute approximate surface area is 157 Å². The van der Waals surface area contributed by atoms with Crippen LogP contribution in [0.1, 0.15) is 41.9 Å². The van der Waals surface area contributed by atoms with E-state index in [4.69, 9.17) is 0 Å². The van der Waals surface area contributed by atoms with Crippen molar-refractivity contribution in [3.05, 3.63) is 77.2 Å². The summed E-state index contributed by atoms with van der Waals surface area (Å²) in [6.07, 6.45) is 3.63. The summed E-state index contributed by atoms with van der Waals surface area (Å²) in [5, 5.41) is 10.4. The lowest BCUT2D eigenvalue weighted by Crippen LogP contribution is -2.42. The molecule has 1 fully saturated rings. The van der Waals surface area contributed by atoms with E-state index in [1.54, 1.807) is 25.3 Å². The van der Waals surface area contributed by atoms with Crippen LogP contribution in [0.5, 0.6) is 0 Å². The minimum Gasteiger partial charge on any atom is -0.289 e. The fourth-order valence-corrected chi connectivity index (χ4v) is 4.48. The molecule has 1 aromatic heterocycles. The lowest BCUT2D eigenvalue weighted by Gasteiger charge is -2.29.